The topological polar surface area (TPSA) is 39.9 Å². The van der Waals surface area contributed by atoms with Crippen molar-refractivity contribution in [2.75, 3.05) is 6.61 Å². The summed E-state index contributed by atoms with van der Waals surface area (Å²) >= 11 is 0. The monoisotopic (exact) mass is 243 g/mol. The fourth-order valence-electron chi connectivity index (χ4n) is 2.85. The summed E-state index contributed by atoms with van der Waals surface area (Å²) in [4.78, 5) is 9.26. The molecule has 2 aliphatic rings. The minimum atomic E-state index is 0.360. The molecule has 18 heavy (non-hydrogen) atoms. The van der Waals surface area contributed by atoms with E-state index in [-0.39, 0.29) is 0 Å². The van der Waals surface area contributed by atoms with Crippen LogP contribution in [0.2, 0.25) is 0 Å². The number of pyridine rings is 1. The van der Waals surface area contributed by atoms with Gasteiger partial charge in [0, 0.05) is 25.3 Å². The summed E-state index contributed by atoms with van der Waals surface area (Å²) in [6.45, 7) is 0.909. The normalized spacial score (nSPS) is 23.9. The van der Waals surface area contributed by atoms with E-state index in [1.165, 1.54) is 25.7 Å². The van der Waals surface area contributed by atoms with Gasteiger partial charge in [-0.05, 0) is 37.8 Å². The van der Waals surface area contributed by atoms with Crippen LogP contribution in [0.5, 0.6) is 0 Å². The molecule has 1 saturated carbocycles. The van der Waals surface area contributed by atoms with Gasteiger partial charge in [-0.2, -0.15) is 0 Å². The maximum atomic E-state index is 5.73. The molecule has 1 aliphatic carbocycles. The molecule has 1 saturated heterocycles. The highest BCUT2D eigenvalue weighted by atomic mass is 16.5. The zero-order valence-electron chi connectivity index (χ0n) is 10.4. The van der Waals surface area contributed by atoms with Crippen LogP contribution < -0.4 is 0 Å². The predicted octanol–water partition coefficient (Wildman–Crippen LogP) is 2.49. The number of fused-ring (bicyclic) bond motifs is 1. The van der Waals surface area contributed by atoms with Gasteiger partial charge in [0.2, 0.25) is 0 Å². The lowest BCUT2D eigenvalue weighted by molar-refractivity contribution is 0.109. The van der Waals surface area contributed by atoms with Crippen molar-refractivity contribution in [1.82, 2.24) is 14.5 Å². The highest BCUT2D eigenvalue weighted by Gasteiger charge is 2.30. The number of rotatable bonds is 3. The molecule has 3 heterocycles. The quantitative estimate of drug-likeness (QED) is 0.831. The molecule has 94 valence electrons. The van der Waals surface area contributed by atoms with E-state index in [1.807, 2.05) is 12.3 Å². The first-order valence-corrected chi connectivity index (χ1v) is 6.85. The third kappa shape index (κ3) is 1.72. The van der Waals surface area contributed by atoms with Gasteiger partial charge < -0.3 is 9.30 Å². The molecule has 0 aromatic carbocycles. The molecule has 2 aromatic rings. The van der Waals surface area contributed by atoms with Crippen molar-refractivity contribution in [3.63, 3.8) is 0 Å². The maximum absolute atomic E-state index is 5.73. The Morgan fingerprint density at radius 1 is 1.33 bits per heavy atom. The van der Waals surface area contributed by atoms with Gasteiger partial charge in [-0.25, -0.2) is 9.97 Å². The Labute approximate surface area is 106 Å². The molecule has 4 heteroatoms. The number of hydrogen-bond donors (Lipinski definition) is 0. The van der Waals surface area contributed by atoms with Crippen molar-refractivity contribution in [2.45, 2.75) is 44.2 Å². The smallest absolute Gasteiger partial charge is 0.160 e. The van der Waals surface area contributed by atoms with Gasteiger partial charge in [-0.15, -0.1) is 0 Å². The number of aromatic nitrogens is 3. The van der Waals surface area contributed by atoms with E-state index in [0.29, 0.717) is 12.1 Å². The largest absolute Gasteiger partial charge is 0.378 e. The summed E-state index contributed by atoms with van der Waals surface area (Å²) in [6, 6.07) is 4.64. The van der Waals surface area contributed by atoms with Crippen LogP contribution in [-0.4, -0.2) is 27.2 Å². The molecule has 2 aromatic heterocycles. The summed E-state index contributed by atoms with van der Waals surface area (Å²) < 4.78 is 8.08. The zero-order chi connectivity index (χ0) is 11.9. The van der Waals surface area contributed by atoms with E-state index in [4.69, 9.17) is 9.72 Å². The molecule has 4 rings (SSSR count). The standard InChI is InChI=1S/C14H17N3O/c1-4-12-14(15-7-1)17(10-5-6-10)13(16-12)9-11-3-2-8-18-11/h1,4,7,10-11H,2-3,5-6,8-9H2. The second-order valence-electron chi connectivity index (χ2n) is 5.31. The van der Waals surface area contributed by atoms with E-state index >= 15 is 0 Å². The molecule has 1 unspecified atom stereocenters. The fourth-order valence-corrected chi connectivity index (χ4v) is 2.85. The summed E-state index contributed by atoms with van der Waals surface area (Å²) in [6.07, 6.45) is 8.04. The van der Waals surface area contributed by atoms with Crippen molar-refractivity contribution in [1.29, 1.82) is 0 Å². The Kier molecular flexibility index (Phi) is 2.36. The SMILES string of the molecule is c1cnc2c(c1)nc(CC1CCCO1)n2C1CC1. The van der Waals surface area contributed by atoms with Gasteiger partial charge in [0.1, 0.15) is 11.3 Å². The Morgan fingerprint density at radius 3 is 3.06 bits per heavy atom. The third-order valence-corrected chi connectivity index (χ3v) is 3.87. The number of imidazole rings is 1. The Hall–Kier alpha value is -1.42. The minimum absolute atomic E-state index is 0.360. The van der Waals surface area contributed by atoms with Crippen molar-refractivity contribution in [3.8, 4) is 0 Å². The molecule has 4 nitrogen and oxygen atoms in total. The predicted molar refractivity (Wildman–Crippen MR) is 68.5 cm³/mol. The van der Waals surface area contributed by atoms with Crippen LogP contribution in [0.15, 0.2) is 18.3 Å². The highest BCUT2D eigenvalue weighted by molar-refractivity contribution is 5.71. The first kappa shape index (κ1) is 10.5. The number of hydrogen-bond acceptors (Lipinski definition) is 3. The molecule has 1 aliphatic heterocycles. The second kappa shape index (κ2) is 4.05. The molecule has 0 amide bonds. The maximum Gasteiger partial charge on any atom is 0.160 e. The first-order chi connectivity index (χ1) is 8.92. The van der Waals surface area contributed by atoms with Gasteiger partial charge in [0.05, 0.1) is 6.10 Å². The van der Waals surface area contributed by atoms with Gasteiger partial charge in [-0.1, -0.05) is 0 Å². The van der Waals surface area contributed by atoms with E-state index < -0.39 is 0 Å². The van der Waals surface area contributed by atoms with Gasteiger partial charge >= 0.3 is 0 Å². The van der Waals surface area contributed by atoms with Crippen LogP contribution in [0, 0.1) is 0 Å². The Morgan fingerprint density at radius 2 is 2.28 bits per heavy atom. The molecule has 0 radical (unpaired) electrons. The lowest BCUT2D eigenvalue weighted by Gasteiger charge is -2.11. The number of nitrogens with zero attached hydrogens (tertiary/aromatic N) is 3. The van der Waals surface area contributed by atoms with Crippen molar-refractivity contribution in [2.24, 2.45) is 0 Å². The van der Waals surface area contributed by atoms with Gasteiger partial charge in [0.25, 0.3) is 0 Å². The average molecular weight is 243 g/mol. The third-order valence-electron chi connectivity index (χ3n) is 3.87. The second-order valence-corrected chi connectivity index (χ2v) is 5.31. The molecule has 0 bridgehead atoms. The fraction of sp³-hybridized carbons (Fsp3) is 0.571. The van der Waals surface area contributed by atoms with E-state index in [1.54, 1.807) is 0 Å². The molecule has 1 atom stereocenters. The van der Waals surface area contributed by atoms with Crippen LogP contribution in [0.1, 0.15) is 37.5 Å². The van der Waals surface area contributed by atoms with E-state index in [9.17, 15) is 0 Å². The van der Waals surface area contributed by atoms with Crippen LogP contribution in [0.3, 0.4) is 0 Å². The summed E-state index contributed by atoms with van der Waals surface area (Å²) in [5.74, 6) is 1.16. The van der Waals surface area contributed by atoms with Crippen LogP contribution >= 0.6 is 0 Å². The van der Waals surface area contributed by atoms with E-state index in [0.717, 1.165) is 30.0 Å². The van der Waals surface area contributed by atoms with Crippen LogP contribution in [-0.2, 0) is 11.2 Å². The lowest BCUT2D eigenvalue weighted by Crippen LogP contribution is -2.13. The highest BCUT2D eigenvalue weighted by Crippen LogP contribution is 2.38. The Balaban J connectivity index is 1.75. The minimum Gasteiger partial charge on any atom is -0.378 e. The first-order valence-electron chi connectivity index (χ1n) is 6.85. The average Bonchev–Trinajstić information content (AvgIpc) is 2.97. The van der Waals surface area contributed by atoms with Crippen molar-refractivity contribution in [3.05, 3.63) is 24.2 Å². The van der Waals surface area contributed by atoms with E-state index in [2.05, 4.69) is 15.6 Å². The van der Waals surface area contributed by atoms with Crippen LogP contribution in [0.4, 0.5) is 0 Å². The summed E-state index contributed by atoms with van der Waals surface area (Å²) in [7, 11) is 0. The molecule has 2 fully saturated rings. The Bertz CT molecular complexity index is 567. The molecule has 0 spiro atoms. The zero-order valence-corrected chi connectivity index (χ0v) is 10.4. The molecular formula is C14H17N3O. The van der Waals surface area contributed by atoms with Crippen LogP contribution in [0.25, 0.3) is 11.2 Å². The summed E-state index contributed by atoms with van der Waals surface area (Å²) in [5.41, 5.74) is 2.07. The van der Waals surface area contributed by atoms with Crippen molar-refractivity contribution < 1.29 is 4.74 Å². The van der Waals surface area contributed by atoms with Crippen molar-refractivity contribution >= 4 is 11.2 Å². The lowest BCUT2D eigenvalue weighted by atomic mass is 10.2. The summed E-state index contributed by atoms with van der Waals surface area (Å²) in [5, 5.41) is 0. The molecular weight excluding hydrogens is 226 g/mol. The number of ether oxygens (including phenoxy) is 1. The van der Waals surface area contributed by atoms with Gasteiger partial charge in [-0.3, -0.25) is 0 Å². The molecule has 0 N–H and O–H groups in total. The van der Waals surface area contributed by atoms with Gasteiger partial charge in [0.15, 0.2) is 5.65 Å².